The molecule has 0 saturated heterocycles. The van der Waals surface area contributed by atoms with Crippen molar-refractivity contribution in [3.05, 3.63) is 46.2 Å². The first kappa shape index (κ1) is 13.6. The normalized spacial score (nSPS) is 10.2. The summed E-state index contributed by atoms with van der Waals surface area (Å²) in [5, 5.41) is 2.88. The number of rotatable bonds is 5. The third-order valence-electron chi connectivity index (χ3n) is 2.58. The first-order valence-electron chi connectivity index (χ1n) is 6.25. The van der Waals surface area contributed by atoms with Crippen molar-refractivity contribution >= 4 is 22.9 Å². The fourth-order valence-electron chi connectivity index (χ4n) is 1.74. The van der Waals surface area contributed by atoms with Crippen LogP contribution in [0.1, 0.15) is 16.7 Å². The summed E-state index contributed by atoms with van der Waals surface area (Å²) in [7, 11) is 0. The van der Waals surface area contributed by atoms with E-state index in [-0.39, 0.29) is 5.91 Å². The number of carbonyl (C=O) groups is 1. The highest BCUT2D eigenvalue weighted by atomic mass is 32.1. The molecular formula is C15H17NO2S. The lowest BCUT2D eigenvalue weighted by Gasteiger charge is -2.06. The highest BCUT2D eigenvalue weighted by Crippen LogP contribution is 2.18. The summed E-state index contributed by atoms with van der Waals surface area (Å²) in [5.41, 5.74) is 0.793. The van der Waals surface area contributed by atoms with E-state index in [0.29, 0.717) is 13.0 Å². The second-order valence-electron chi connectivity index (χ2n) is 4.19. The van der Waals surface area contributed by atoms with Gasteiger partial charge in [-0.05, 0) is 50.2 Å². The third-order valence-corrected chi connectivity index (χ3v) is 3.58. The molecule has 1 aromatic heterocycles. The number of benzene rings is 1. The lowest BCUT2D eigenvalue weighted by atomic mass is 10.2. The summed E-state index contributed by atoms with van der Waals surface area (Å²) in [6.45, 7) is 4.63. The van der Waals surface area contributed by atoms with Gasteiger partial charge in [0.2, 0.25) is 5.91 Å². The fourth-order valence-corrected chi connectivity index (χ4v) is 2.63. The molecule has 0 aliphatic heterocycles. The average Bonchev–Trinajstić information content (AvgIpc) is 2.77. The van der Waals surface area contributed by atoms with Crippen molar-refractivity contribution in [1.82, 2.24) is 0 Å². The topological polar surface area (TPSA) is 38.3 Å². The lowest BCUT2D eigenvalue weighted by Crippen LogP contribution is -2.13. The molecule has 0 bridgehead atoms. The molecule has 2 aromatic rings. The number of aryl methyl sites for hydroxylation is 1. The SMILES string of the molecule is CCOc1ccc(NC(=O)Cc2ccc(C)s2)cc1. The van der Waals surface area contributed by atoms with Crippen molar-refractivity contribution in [2.24, 2.45) is 0 Å². The van der Waals surface area contributed by atoms with Crippen LogP contribution in [-0.2, 0) is 11.2 Å². The zero-order valence-electron chi connectivity index (χ0n) is 11.1. The molecule has 0 aliphatic carbocycles. The Morgan fingerprint density at radius 1 is 1.21 bits per heavy atom. The number of amides is 1. The number of hydrogen-bond acceptors (Lipinski definition) is 3. The summed E-state index contributed by atoms with van der Waals surface area (Å²) in [6, 6.07) is 11.4. The van der Waals surface area contributed by atoms with Gasteiger partial charge in [0, 0.05) is 15.4 Å². The van der Waals surface area contributed by atoms with Crippen LogP contribution in [0.4, 0.5) is 5.69 Å². The zero-order valence-corrected chi connectivity index (χ0v) is 11.9. The molecule has 0 spiro atoms. The van der Waals surface area contributed by atoms with Crippen LogP contribution in [0.2, 0.25) is 0 Å². The molecule has 0 aliphatic rings. The van der Waals surface area contributed by atoms with Crippen LogP contribution >= 0.6 is 11.3 Å². The summed E-state index contributed by atoms with van der Waals surface area (Å²) in [4.78, 5) is 14.2. The zero-order chi connectivity index (χ0) is 13.7. The number of nitrogens with one attached hydrogen (secondary N) is 1. The van der Waals surface area contributed by atoms with Gasteiger partial charge < -0.3 is 10.1 Å². The summed E-state index contributed by atoms with van der Waals surface area (Å²) in [6.07, 6.45) is 0.422. The van der Waals surface area contributed by atoms with E-state index in [2.05, 4.69) is 5.32 Å². The van der Waals surface area contributed by atoms with Crippen LogP contribution < -0.4 is 10.1 Å². The fraction of sp³-hybridized carbons (Fsp3) is 0.267. The van der Waals surface area contributed by atoms with Crippen LogP contribution in [0.3, 0.4) is 0 Å². The molecule has 4 heteroatoms. The second kappa shape index (κ2) is 6.38. The van der Waals surface area contributed by atoms with Crippen LogP contribution in [0, 0.1) is 6.92 Å². The molecule has 0 fully saturated rings. The highest BCUT2D eigenvalue weighted by Gasteiger charge is 2.06. The maximum Gasteiger partial charge on any atom is 0.229 e. The molecule has 0 radical (unpaired) electrons. The monoisotopic (exact) mass is 275 g/mol. The molecule has 1 N–H and O–H groups in total. The molecule has 1 aromatic carbocycles. The maximum absolute atomic E-state index is 11.9. The van der Waals surface area contributed by atoms with Crippen molar-refractivity contribution < 1.29 is 9.53 Å². The van der Waals surface area contributed by atoms with Gasteiger partial charge in [-0.25, -0.2) is 0 Å². The van der Waals surface area contributed by atoms with Crippen molar-refractivity contribution in [3.63, 3.8) is 0 Å². The summed E-state index contributed by atoms with van der Waals surface area (Å²) in [5.74, 6) is 0.820. The third kappa shape index (κ3) is 4.10. The number of carbonyl (C=O) groups excluding carboxylic acids is 1. The van der Waals surface area contributed by atoms with E-state index in [0.717, 1.165) is 16.3 Å². The summed E-state index contributed by atoms with van der Waals surface area (Å²) >= 11 is 1.65. The predicted molar refractivity (Wildman–Crippen MR) is 79.0 cm³/mol. The summed E-state index contributed by atoms with van der Waals surface area (Å²) < 4.78 is 5.35. The molecule has 3 nitrogen and oxygen atoms in total. The number of anilines is 1. The van der Waals surface area contributed by atoms with Gasteiger partial charge >= 0.3 is 0 Å². The molecule has 1 heterocycles. The van der Waals surface area contributed by atoms with E-state index < -0.39 is 0 Å². The van der Waals surface area contributed by atoms with Crippen molar-refractivity contribution in [2.45, 2.75) is 20.3 Å². The van der Waals surface area contributed by atoms with E-state index in [1.54, 1.807) is 11.3 Å². The van der Waals surface area contributed by atoms with Crippen LogP contribution in [-0.4, -0.2) is 12.5 Å². The van der Waals surface area contributed by atoms with Crippen LogP contribution in [0.15, 0.2) is 36.4 Å². The molecule has 1 amide bonds. The number of ether oxygens (including phenoxy) is 1. The Balaban J connectivity index is 1.91. The maximum atomic E-state index is 11.9. The smallest absolute Gasteiger partial charge is 0.229 e. The number of hydrogen-bond donors (Lipinski definition) is 1. The molecule has 0 saturated carbocycles. The highest BCUT2D eigenvalue weighted by molar-refractivity contribution is 7.12. The van der Waals surface area contributed by atoms with Crippen LogP contribution in [0.25, 0.3) is 0 Å². The Kier molecular flexibility index (Phi) is 4.58. The Labute approximate surface area is 117 Å². The van der Waals surface area contributed by atoms with Gasteiger partial charge in [0.25, 0.3) is 0 Å². The van der Waals surface area contributed by atoms with Gasteiger partial charge in [-0.3, -0.25) is 4.79 Å². The van der Waals surface area contributed by atoms with Gasteiger partial charge in [0.05, 0.1) is 13.0 Å². The predicted octanol–water partition coefficient (Wildman–Crippen LogP) is 3.64. The first-order chi connectivity index (χ1) is 9.17. The molecule has 0 atom stereocenters. The molecule has 0 unspecified atom stereocenters. The van der Waals surface area contributed by atoms with Gasteiger partial charge in [0.15, 0.2) is 0 Å². The van der Waals surface area contributed by atoms with Gasteiger partial charge in [-0.1, -0.05) is 0 Å². The lowest BCUT2D eigenvalue weighted by molar-refractivity contribution is -0.115. The minimum Gasteiger partial charge on any atom is -0.494 e. The Bertz CT molecular complexity index is 546. The average molecular weight is 275 g/mol. The minimum atomic E-state index is 0.00556. The molecule has 100 valence electrons. The van der Waals surface area contributed by atoms with E-state index in [1.165, 1.54) is 4.88 Å². The first-order valence-corrected chi connectivity index (χ1v) is 7.07. The largest absolute Gasteiger partial charge is 0.494 e. The second-order valence-corrected chi connectivity index (χ2v) is 5.57. The standard InChI is InChI=1S/C15H17NO2S/c1-3-18-13-7-5-12(6-8-13)16-15(17)10-14-9-4-11(2)19-14/h4-9H,3,10H2,1-2H3,(H,16,17). The van der Waals surface area contributed by atoms with E-state index in [4.69, 9.17) is 4.74 Å². The molecule has 19 heavy (non-hydrogen) atoms. The van der Waals surface area contributed by atoms with E-state index in [9.17, 15) is 4.79 Å². The van der Waals surface area contributed by atoms with Gasteiger partial charge in [0.1, 0.15) is 5.75 Å². The number of thiophene rings is 1. The van der Waals surface area contributed by atoms with Crippen molar-refractivity contribution in [2.75, 3.05) is 11.9 Å². The van der Waals surface area contributed by atoms with Crippen LogP contribution in [0.5, 0.6) is 5.75 Å². The van der Waals surface area contributed by atoms with Crippen molar-refractivity contribution in [1.29, 1.82) is 0 Å². The Hall–Kier alpha value is -1.81. The van der Waals surface area contributed by atoms with Crippen molar-refractivity contribution in [3.8, 4) is 5.75 Å². The molecular weight excluding hydrogens is 258 g/mol. The Morgan fingerprint density at radius 2 is 1.95 bits per heavy atom. The Morgan fingerprint density at radius 3 is 2.53 bits per heavy atom. The van der Waals surface area contributed by atoms with Gasteiger partial charge in [-0.15, -0.1) is 11.3 Å². The minimum absolute atomic E-state index is 0.00556. The van der Waals surface area contributed by atoms with Gasteiger partial charge in [-0.2, -0.15) is 0 Å². The van der Waals surface area contributed by atoms with E-state index >= 15 is 0 Å². The molecule has 2 rings (SSSR count). The van der Waals surface area contributed by atoms with E-state index in [1.807, 2.05) is 50.2 Å². The quantitative estimate of drug-likeness (QED) is 0.904.